The van der Waals surface area contributed by atoms with Gasteiger partial charge in [0.1, 0.15) is 40.5 Å². The van der Waals surface area contributed by atoms with E-state index in [0.717, 1.165) is 48.5 Å². The Balaban J connectivity index is 0.00000164. The van der Waals surface area contributed by atoms with E-state index < -0.39 is 60.1 Å². The molecule has 5 heterocycles. The van der Waals surface area contributed by atoms with E-state index in [9.17, 15) is 51.9 Å². The van der Waals surface area contributed by atoms with Gasteiger partial charge in [0, 0.05) is 44.8 Å². The molecular formula is C32H12FeN8Na4O12S4. The van der Waals surface area contributed by atoms with Crippen molar-refractivity contribution < 1.29 is 187 Å². The van der Waals surface area contributed by atoms with Crippen molar-refractivity contribution in [1.82, 2.24) is 39.9 Å². The number of nitrogens with zero attached hydrogens (tertiary/aromatic N) is 8. The van der Waals surface area contributed by atoms with Gasteiger partial charge in [-0.25, -0.2) is 43.6 Å². The van der Waals surface area contributed by atoms with E-state index in [-0.39, 0.29) is 225 Å². The van der Waals surface area contributed by atoms with Crippen LogP contribution in [0, 0.1) is 0 Å². The predicted molar refractivity (Wildman–Crippen MR) is 186 cm³/mol. The zero-order valence-corrected chi connectivity index (χ0v) is 43.8. The molecule has 0 unspecified atom stereocenters. The number of fused-ring (bicyclic) bond motifs is 20. The molecule has 2 aliphatic heterocycles. The molecule has 0 radical (unpaired) electrons. The topological polar surface area (TPSA) is 334 Å². The second-order valence-corrected chi connectivity index (χ2v) is 17.6. The van der Waals surface area contributed by atoms with Crippen LogP contribution in [0.3, 0.4) is 0 Å². The largest absolute Gasteiger partial charge is 2.00 e. The summed E-state index contributed by atoms with van der Waals surface area (Å²) in [4.78, 5) is 33.2. The third-order valence-corrected chi connectivity index (χ3v) is 12.1. The second-order valence-electron chi connectivity index (χ2n) is 12.1. The van der Waals surface area contributed by atoms with Crippen molar-refractivity contribution in [1.29, 1.82) is 0 Å². The van der Waals surface area contributed by atoms with Crippen LogP contribution in [0.2, 0.25) is 0 Å². The van der Waals surface area contributed by atoms with E-state index in [2.05, 4.69) is 39.9 Å². The van der Waals surface area contributed by atoms with Crippen LogP contribution in [-0.4, -0.2) is 81.8 Å². The Hall–Kier alpha value is -1.60. The Morgan fingerprint density at radius 2 is 0.607 bits per heavy atom. The average molecular weight is 977 g/mol. The number of aromatic nitrogens is 8. The van der Waals surface area contributed by atoms with Gasteiger partial charge in [-0.05, 0) is 70.1 Å². The summed E-state index contributed by atoms with van der Waals surface area (Å²) in [7, 11) is -20.1. The van der Waals surface area contributed by atoms with Gasteiger partial charge < -0.3 is 48.1 Å². The first-order chi connectivity index (χ1) is 26.2. The predicted octanol–water partition coefficient (Wildman–Crippen LogP) is -10.2. The molecule has 3 aromatic heterocycles. The summed E-state index contributed by atoms with van der Waals surface area (Å²) in [5.41, 5.74) is -0.712. The van der Waals surface area contributed by atoms with Crippen molar-refractivity contribution >= 4 is 84.6 Å². The first-order valence-corrected chi connectivity index (χ1v) is 21.0. The quantitative estimate of drug-likeness (QED) is 0.117. The summed E-state index contributed by atoms with van der Waals surface area (Å²) < 4.78 is 145. The molecule has 20 nitrogen and oxygen atoms in total. The third kappa shape index (κ3) is 9.70. The minimum absolute atomic E-state index is 0. The molecular weight excluding hydrogens is 964 g/mol. The third-order valence-electron chi connectivity index (χ3n) is 8.74. The van der Waals surface area contributed by atoms with Gasteiger partial charge in [-0.2, -0.15) is 0 Å². The molecule has 0 spiro atoms. The van der Waals surface area contributed by atoms with Crippen LogP contribution in [0.15, 0.2) is 92.4 Å². The fourth-order valence-electron chi connectivity index (χ4n) is 6.20. The molecule has 29 heteroatoms. The summed E-state index contributed by atoms with van der Waals surface area (Å²) in [6, 6.07) is 12.8. The summed E-state index contributed by atoms with van der Waals surface area (Å²) >= 11 is 0. The maximum Gasteiger partial charge on any atom is 2.00 e. The minimum atomic E-state index is -5.02. The van der Waals surface area contributed by atoms with E-state index >= 15 is 0 Å². The fourth-order valence-corrected chi connectivity index (χ4v) is 8.19. The first-order valence-electron chi connectivity index (χ1n) is 15.3. The maximum atomic E-state index is 12.0. The zero-order chi connectivity index (χ0) is 39.7. The van der Waals surface area contributed by atoms with Crippen LogP contribution in [0.5, 0.6) is 0 Å². The number of rotatable bonds is 4. The molecule has 0 atom stereocenters. The number of hydrogen-bond acceptors (Lipinski definition) is 18. The van der Waals surface area contributed by atoms with Crippen molar-refractivity contribution in [2.45, 2.75) is 19.6 Å². The van der Waals surface area contributed by atoms with Crippen molar-refractivity contribution in [2.75, 3.05) is 0 Å². The second kappa shape index (κ2) is 18.3. The molecule has 61 heavy (non-hydrogen) atoms. The standard InChI is InChI=1S/C32H16N8O12S4.Fe.4Na/c41-53(42,43)13-1-5-17-21(9-13)29-33-25(17)37-30-22-10-14(54(44,45)46)2-6-18(22)27(34-30)39-32-24-12-16(56(50,51)52)4-8-20(24)28(36-32)40-31-23-11-15(55(47,48)49)3-7-19(23)26(35-31)38-29;;;;;/h1-12H,(H4-2,33,34,35,36,37,38,39,40,41,42,43,44,45,46,47,48,49,50,51,52);;;;;/q-2;+2;4*+1/p-4. The molecule has 0 amide bonds. The van der Waals surface area contributed by atoms with Crippen LogP contribution in [-0.2, 0) is 57.5 Å². The normalized spacial score (nSPS) is 12.1. The Morgan fingerprint density at radius 3 is 0.918 bits per heavy atom. The van der Waals surface area contributed by atoms with E-state index in [1.807, 2.05) is 0 Å². The van der Waals surface area contributed by atoms with E-state index in [0.29, 0.717) is 0 Å². The molecule has 288 valence electrons. The van der Waals surface area contributed by atoms with Gasteiger partial charge in [0.2, 0.25) is 0 Å². The van der Waals surface area contributed by atoms with Gasteiger partial charge in [0.05, 0.1) is 42.9 Å². The minimum Gasteiger partial charge on any atom is -0.744 e. The smallest absolute Gasteiger partial charge is 0.744 e. The molecule has 7 aromatic rings. The SMILES string of the molecule is O=S(=O)([O-])c1ccc2c(c1)-c1nc-2nc2[n-]c(nc3nc(nc4[n-]c(n1)c1ccc(S(=O)(=O)[O-])cc41)-c1ccc(S(=O)(=O)[O-])cc1-3)c1ccc(S(=O)(=O)[O-])cc21.[Fe+2].[Na+].[Na+].[Na+].[Na+]. The van der Waals surface area contributed by atoms with Gasteiger partial charge in [-0.15, -0.1) is 0 Å². The first kappa shape index (κ1) is 52.0. The molecule has 2 aliphatic rings. The van der Waals surface area contributed by atoms with Gasteiger partial charge in [0.25, 0.3) is 0 Å². The molecule has 0 aliphatic carbocycles. The summed E-state index contributed by atoms with van der Waals surface area (Å²) in [6.45, 7) is 0. The van der Waals surface area contributed by atoms with Gasteiger partial charge >= 0.3 is 135 Å². The summed E-state index contributed by atoms with van der Waals surface area (Å²) in [6.07, 6.45) is 0. The van der Waals surface area contributed by atoms with Crippen LogP contribution >= 0.6 is 0 Å². The van der Waals surface area contributed by atoms with Crippen molar-refractivity contribution in [3.05, 3.63) is 72.8 Å². The molecule has 9 rings (SSSR count). The van der Waals surface area contributed by atoms with E-state index in [1.165, 1.54) is 24.3 Å². The molecule has 0 N–H and O–H groups in total. The van der Waals surface area contributed by atoms with Crippen LogP contribution in [0.4, 0.5) is 0 Å². The van der Waals surface area contributed by atoms with Crippen LogP contribution in [0.1, 0.15) is 0 Å². The van der Waals surface area contributed by atoms with Gasteiger partial charge in [-0.3, -0.25) is 0 Å². The monoisotopic (exact) mass is 976 g/mol. The average Bonchev–Trinajstić information content (AvgIpc) is 3.84. The van der Waals surface area contributed by atoms with Crippen molar-refractivity contribution in [3.63, 3.8) is 0 Å². The molecule has 0 saturated heterocycles. The van der Waals surface area contributed by atoms with Crippen molar-refractivity contribution in [2.24, 2.45) is 0 Å². The number of benzene rings is 4. The molecule has 8 bridgehead atoms. The molecule has 4 aromatic carbocycles. The van der Waals surface area contributed by atoms with Crippen molar-refractivity contribution in [3.8, 4) is 45.6 Å². The van der Waals surface area contributed by atoms with E-state index in [4.69, 9.17) is 0 Å². The number of hydrogen-bond donors (Lipinski definition) is 0. The Labute approximate surface area is 443 Å². The zero-order valence-electron chi connectivity index (χ0n) is 31.4. The maximum absolute atomic E-state index is 12.0. The molecule has 0 fully saturated rings. The molecule has 0 saturated carbocycles. The van der Waals surface area contributed by atoms with Gasteiger partial charge in [-0.1, -0.05) is 24.3 Å². The summed E-state index contributed by atoms with van der Waals surface area (Å²) in [5.74, 6) is -0.882. The Kier molecular flexibility index (Phi) is 15.7. The Bertz CT molecular complexity index is 3400. The summed E-state index contributed by atoms with van der Waals surface area (Å²) in [5, 5.41) is 0.169. The fraction of sp³-hybridized carbons (Fsp3) is 0. The van der Waals surface area contributed by atoms with Crippen LogP contribution in [0.25, 0.3) is 89.7 Å². The Morgan fingerprint density at radius 1 is 0.344 bits per heavy atom. The van der Waals surface area contributed by atoms with Gasteiger partial charge in [0.15, 0.2) is 0 Å². The van der Waals surface area contributed by atoms with Crippen LogP contribution < -0.4 is 128 Å². The van der Waals surface area contributed by atoms with E-state index in [1.54, 1.807) is 0 Å².